The van der Waals surface area contributed by atoms with Gasteiger partial charge in [0.1, 0.15) is 0 Å². The van der Waals surface area contributed by atoms with Crippen molar-refractivity contribution in [1.82, 2.24) is 20.4 Å². The first-order chi connectivity index (χ1) is 10.2. The van der Waals surface area contributed by atoms with E-state index in [0.717, 1.165) is 65.4 Å². The number of rotatable bonds is 4. The van der Waals surface area contributed by atoms with Crippen molar-refractivity contribution in [3.8, 4) is 0 Å². The first kappa shape index (κ1) is 15.2. The predicted octanol–water partition coefficient (Wildman–Crippen LogP) is -1.02. The Kier molecular flexibility index (Phi) is 4.78. The second-order valence-electron chi connectivity index (χ2n) is 6.64. The number of hydrogen-bond acceptors (Lipinski definition) is 5. The second-order valence-corrected chi connectivity index (χ2v) is 6.64. The van der Waals surface area contributed by atoms with E-state index < -0.39 is 0 Å². The molecule has 0 unspecified atom stereocenters. The fraction of sp³-hybridized carbons (Fsp3) is 0.933. The van der Waals surface area contributed by atoms with Crippen molar-refractivity contribution >= 4 is 5.91 Å². The van der Waals surface area contributed by atoms with Crippen LogP contribution in [0.4, 0.5) is 0 Å². The van der Waals surface area contributed by atoms with E-state index in [4.69, 9.17) is 4.74 Å². The van der Waals surface area contributed by atoms with Gasteiger partial charge in [0.25, 0.3) is 0 Å². The van der Waals surface area contributed by atoms with E-state index in [9.17, 15) is 4.79 Å². The summed E-state index contributed by atoms with van der Waals surface area (Å²) in [5, 5.41) is 6.76. The maximum absolute atomic E-state index is 12.9. The van der Waals surface area contributed by atoms with Gasteiger partial charge in [-0.25, -0.2) is 0 Å². The van der Waals surface area contributed by atoms with Gasteiger partial charge in [0.15, 0.2) is 0 Å². The molecule has 6 nitrogen and oxygen atoms in total. The minimum atomic E-state index is -0.309. The van der Waals surface area contributed by atoms with Crippen LogP contribution in [0.3, 0.4) is 0 Å². The van der Waals surface area contributed by atoms with Crippen LogP contribution in [0, 0.1) is 11.3 Å². The summed E-state index contributed by atoms with van der Waals surface area (Å²) in [6, 6.07) is 0. The topological polar surface area (TPSA) is 56.8 Å². The van der Waals surface area contributed by atoms with Gasteiger partial charge in [0.2, 0.25) is 5.91 Å². The van der Waals surface area contributed by atoms with Gasteiger partial charge in [-0.05, 0) is 18.9 Å². The highest BCUT2D eigenvalue weighted by Gasteiger charge is 2.51. The zero-order valence-corrected chi connectivity index (χ0v) is 13.1. The Labute approximate surface area is 127 Å². The summed E-state index contributed by atoms with van der Waals surface area (Å²) >= 11 is 0. The van der Waals surface area contributed by atoms with Crippen molar-refractivity contribution < 1.29 is 9.53 Å². The third kappa shape index (κ3) is 3.08. The monoisotopic (exact) mass is 296 g/mol. The van der Waals surface area contributed by atoms with Crippen molar-refractivity contribution in [2.45, 2.75) is 6.42 Å². The molecular weight excluding hydrogens is 268 g/mol. The van der Waals surface area contributed by atoms with E-state index in [-0.39, 0.29) is 11.3 Å². The van der Waals surface area contributed by atoms with Gasteiger partial charge in [-0.15, -0.1) is 0 Å². The maximum atomic E-state index is 12.9. The number of carbonyl (C=O) groups is 1. The number of likely N-dealkylation sites (N-methyl/N-ethyl adjacent to an activating group) is 1. The van der Waals surface area contributed by atoms with E-state index in [1.807, 2.05) is 11.9 Å². The molecule has 0 bridgehead atoms. The summed E-state index contributed by atoms with van der Waals surface area (Å²) in [7, 11) is 1.95. The molecule has 2 atom stereocenters. The lowest BCUT2D eigenvalue weighted by Gasteiger charge is -2.40. The van der Waals surface area contributed by atoms with Gasteiger partial charge in [-0.1, -0.05) is 0 Å². The molecule has 3 rings (SSSR count). The summed E-state index contributed by atoms with van der Waals surface area (Å²) in [5.74, 6) is 0.715. The van der Waals surface area contributed by atoms with Gasteiger partial charge in [-0.3, -0.25) is 9.69 Å². The number of nitrogens with one attached hydrogen (secondary N) is 2. The molecule has 1 amide bonds. The lowest BCUT2D eigenvalue weighted by Crippen LogP contribution is -2.54. The number of fused-ring (bicyclic) bond motifs is 1. The van der Waals surface area contributed by atoms with E-state index in [2.05, 4.69) is 15.5 Å². The second kappa shape index (κ2) is 6.60. The lowest BCUT2D eigenvalue weighted by atomic mass is 9.74. The SMILES string of the molecule is CN(CCN1CCNCC1)C(=O)[C@]12CNC[C@H]1CCOC2. The summed E-state index contributed by atoms with van der Waals surface area (Å²) in [6.07, 6.45) is 1.00. The van der Waals surface area contributed by atoms with Crippen molar-refractivity contribution in [2.75, 3.05) is 72.6 Å². The molecule has 2 N–H and O–H groups in total. The molecule has 0 aromatic rings. The average molecular weight is 296 g/mol. The molecule has 0 aromatic heterocycles. The summed E-state index contributed by atoms with van der Waals surface area (Å²) < 4.78 is 5.65. The van der Waals surface area contributed by atoms with E-state index in [1.54, 1.807) is 0 Å². The highest BCUT2D eigenvalue weighted by atomic mass is 16.5. The number of carbonyl (C=O) groups excluding carboxylic acids is 1. The molecule has 3 aliphatic rings. The third-order valence-corrected chi connectivity index (χ3v) is 5.32. The molecule has 3 heterocycles. The lowest BCUT2D eigenvalue weighted by molar-refractivity contribution is -0.151. The average Bonchev–Trinajstić information content (AvgIpc) is 2.98. The summed E-state index contributed by atoms with van der Waals surface area (Å²) in [4.78, 5) is 17.3. The molecule has 0 aliphatic carbocycles. The standard InChI is InChI=1S/C15H28N4O2/c1-18(7-8-19-5-3-16-4-6-19)14(20)15-11-17-10-13(15)2-9-21-12-15/h13,16-17H,2-12H2,1H3/t13-,15+/m1/s1. The molecule has 120 valence electrons. The van der Waals surface area contributed by atoms with Crippen molar-refractivity contribution in [3.63, 3.8) is 0 Å². The number of nitrogens with zero attached hydrogens (tertiary/aromatic N) is 2. The molecule has 3 aliphatic heterocycles. The van der Waals surface area contributed by atoms with Crippen LogP contribution in [0.15, 0.2) is 0 Å². The van der Waals surface area contributed by atoms with Crippen LogP contribution in [0.1, 0.15) is 6.42 Å². The Morgan fingerprint density at radius 2 is 2.19 bits per heavy atom. The predicted molar refractivity (Wildman–Crippen MR) is 81.2 cm³/mol. The zero-order chi connectivity index (χ0) is 14.7. The number of ether oxygens (including phenoxy) is 1. The third-order valence-electron chi connectivity index (χ3n) is 5.32. The Bertz CT molecular complexity index is 373. The smallest absolute Gasteiger partial charge is 0.232 e. The van der Waals surface area contributed by atoms with Crippen LogP contribution in [-0.2, 0) is 9.53 Å². The normalized spacial score (nSPS) is 33.7. The Morgan fingerprint density at radius 1 is 1.38 bits per heavy atom. The van der Waals surface area contributed by atoms with Crippen LogP contribution >= 0.6 is 0 Å². The molecule has 3 saturated heterocycles. The van der Waals surface area contributed by atoms with Gasteiger partial charge in [0, 0.05) is 59.5 Å². The molecule has 0 radical (unpaired) electrons. The van der Waals surface area contributed by atoms with E-state index >= 15 is 0 Å². The fourth-order valence-corrected chi connectivity index (χ4v) is 3.86. The van der Waals surface area contributed by atoms with Gasteiger partial charge < -0.3 is 20.3 Å². The molecular formula is C15H28N4O2. The van der Waals surface area contributed by atoms with Crippen LogP contribution in [-0.4, -0.2) is 88.3 Å². The molecule has 0 spiro atoms. The molecule has 0 saturated carbocycles. The number of amides is 1. The number of hydrogen-bond donors (Lipinski definition) is 2. The van der Waals surface area contributed by atoms with Crippen molar-refractivity contribution in [2.24, 2.45) is 11.3 Å². The molecule has 3 fully saturated rings. The minimum Gasteiger partial charge on any atom is -0.380 e. The highest BCUT2D eigenvalue weighted by Crippen LogP contribution is 2.39. The van der Waals surface area contributed by atoms with Crippen molar-refractivity contribution in [3.05, 3.63) is 0 Å². The van der Waals surface area contributed by atoms with Gasteiger partial charge in [-0.2, -0.15) is 0 Å². The van der Waals surface area contributed by atoms with E-state index in [0.29, 0.717) is 12.5 Å². The van der Waals surface area contributed by atoms with Crippen LogP contribution in [0.25, 0.3) is 0 Å². The van der Waals surface area contributed by atoms with Crippen LogP contribution in [0.5, 0.6) is 0 Å². The zero-order valence-electron chi connectivity index (χ0n) is 13.1. The van der Waals surface area contributed by atoms with Gasteiger partial charge in [0.05, 0.1) is 12.0 Å². The van der Waals surface area contributed by atoms with Crippen LogP contribution < -0.4 is 10.6 Å². The quantitative estimate of drug-likeness (QED) is 0.695. The van der Waals surface area contributed by atoms with Crippen molar-refractivity contribution in [1.29, 1.82) is 0 Å². The Morgan fingerprint density at radius 3 is 3.00 bits per heavy atom. The molecule has 0 aromatic carbocycles. The van der Waals surface area contributed by atoms with Gasteiger partial charge >= 0.3 is 0 Å². The number of piperazine rings is 1. The Balaban J connectivity index is 1.55. The van der Waals surface area contributed by atoms with Crippen LogP contribution in [0.2, 0.25) is 0 Å². The summed E-state index contributed by atoms with van der Waals surface area (Å²) in [5.41, 5.74) is -0.309. The first-order valence-electron chi connectivity index (χ1n) is 8.19. The minimum absolute atomic E-state index is 0.271. The Hall–Kier alpha value is -0.690. The molecule has 21 heavy (non-hydrogen) atoms. The fourth-order valence-electron chi connectivity index (χ4n) is 3.86. The van der Waals surface area contributed by atoms with E-state index in [1.165, 1.54) is 0 Å². The largest absolute Gasteiger partial charge is 0.380 e. The molecule has 6 heteroatoms. The summed E-state index contributed by atoms with van der Waals surface area (Å²) in [6.45, 7) is 9.18. The highest BCUT2D eigenvalue weighted by molar-refractivity contribution is 5.84. The first-order valence-corrected chi connectivity index (χ1v) is 8.19. The maximum Gasteiger partial charge on any atom is 0.232 e.